The second-order valence-corrected chi connectivity index (χ2v) is 5.29. The van der Waals surface area contributed by atoms with Crippen molar-refractivity contribution in [2.45, 2.75) is 12.3 Å². The smallest absolute Gasteiger partial charge is 0.306 e. The molecule has 1 aromatic rings. The Hall–Kier alpha value is -0.870. The number of halogens is 1. The average Bonchev–Trinajstić information content (AvgIpc) is 2.28. The summed E-state index contributed by atoms with van der Waals surface area (Å²) < 4.78 is 15.6. The van der Waals surface area contributed by atoms with Gasteiger partial charge < -0.3 is 4.74 Å². The molecule has 0 aliphatic carbocycles. The molecule has 0 aromatic heterocycles. The molecular weight excluding hydrogens is 248 g/mol. The molecule has 0 heterocycles. The summed E-state index contributed by atoms with van der Waals surface area (Å²) >= 11 is 0. The Labute approximate surface area is 102 Å². The van der Waals surface area contributed by atoms with Crippen LogP contribution in [0, 0.1) is 0 Å². The van der Waals surface area contributed by atoms with Gasteiger partial charge in [0.15, 0.2) is 0 Å². The van der Waals surface area contributed by atoms with Gasteiger partial charge in [0.25, 0.3) is 0 Å². The maximum absolute atomic E-state index is 11.2. The van der Waals surface area contributed by atoms with Crippen molar-refractivity contribution in [2.75, 3.05) is 12.9 Å². The van der Waals surface area contributed by atoms with Crippen molar-refractivity contribution in [2.24, 2.45) is 0 Å². The van der Waals surface area contributed by atoms with Crippen LogP contribution in [-0.2, 0) is 19.5 Å². The number of hydrogen-bond acceptors (Lipinski definition) is 3. The molecule has 1 rings (SSSR count). The highest BCUT2D eigenvalue weighted by Crippen LogP contribution is 2.22. The van der Waals surface area contributed by atoms with Gasteiger partial charge in [-0.25, -0.2) is 4.21 Å². The highest BCUT2D eigenvalue weighted by Gasteiger charge is 2.18. The van der Waals surface area contributed by atoms with E-state index in [9.17, 15) is 9.00 Å². The molecule has 5 heteroatoms. The van der Waals surface area contributed by atoms with Crippen LogP contribution in [0.3, 0.4) is 0 Å². The number of carbonyl (C=O) groups is 1. The zero-order valence-electron chi connectivity index (χ0n) is 8.89. The Morgan fingerprint density at radius 3 is 2.56 bits per heavy atom. The van der Waals surface area contributed by atoms with E-state index >= 15 is 0 Å². The summed E-state index contributed by atoms with van der Waals surface area (Å²) in [5.74, 6) is -0.233. The minimum Gasteiger partial charge on any atom is -0.469 e. The number of ether oxygens (including phenoxy) is 1. The van der Waals surface area contributed by atoms with E-state index in [2.05, 4.69) is 4.74 Å². The van der Waals surface area contributed by atoms with E-state index in [1.807, 2.05) is 30.3 Å². The fourth-order valence-corrected chi connectivity index (χ4v) is 2.52. The van der Waals surface area contributed by atoms with Gasteiger partial charge in [0.2, 0.25) is 0 Å². The second-order valence-electron chi connectivity index (χ2n) is 3.34. The van der Waals surface area contributed by atoms with Crippen LogP contribution < -0.4 is 0 Å². The lowest BCUT2D eigenvalue weighted by atomic mass is 9.98. The second kappa shape index (κ2) is 6.66. The van der Waals surface area contributed by atoms with Gasteiger partial charge in [0.05, 0.1) is 13.5 Å². The number of esters is 1. The third-order valence-corrected chi connectivity index (χ3v) is 3.29. The van der Waals surface area contributed by atoms with Crippen LogP contribution in [0.4, 0.5) is 0 Å². The minimum atomic E-state index is -1.45. The summed E-state index contributed by atoms with van der Waals surface area (Å²) in [6, 6.07) is 9.40. The molecule has 0 aliphatic heterocycles. The predicted octanol–water partition coefficient (Wildman–Crippen LogP) is 2.24. The third kappa shape index (κ3) is 4.33. The first-order chi connectivity index (χ1) is 7.63. The molecule has 0 saturated carbocycles. The van der Waals surface area contributed by atoms with E-state index in [-0.39, 0.29) is 24.1 Å². The first-order valence-corrected chi connectivity index (χ1v) is 6.94. The van der Waals surface area contributed by atoms with Gasteiger partial charge in [-0.05, 0) is 16.2 Å². The van der Waals surface area contributed by atoms with Gasteiger partial charge in [0.1, 0.15) is 10.0 Å². The van der Waals surface area contributed by atoms with Crippen LogP contribution in [0.1, 0.15) is 17.9 Å². The van der Waals surface area contributed by atoms with E-state index in [1.165, 1.54) is 7.11 Å². The van der Waals surface area contributed by atoms with Gasteiger partial charge in [0, 0.05) is 11.7 Å². The maximum Gasteiger partial charge on any atom is 0.306 e. The van der Waals surface area contributed by atoms with Crippen LogP contribution in [0.5, 0.6) is 0 Å². The van der Waals surface area contributed by atoms with Crippen molar-refractivity contribution in [3.05, 3.63) is 35.9 Å². The first-order valence-electron chi connectivity index (χ1n) is 4.80. The standard InChI is InChI=1S/C11H13ClO3S/c1-15-11(13)7-10(8-16(12)14)9-5-3-2-4-6-9/h2-6,10H,7-8H2,1H3. The van der Waals surface area contributed by atoms with Crippen LogP contribution in [0.2, 0.25) is 0 Å². The normalized spacial score (nSPS) is 14.1. The molecule has 2 unspecified atom stereocenters. The molecule has 16 heavy (non-hydrogen) atoms. The van der Waals surface area contributed by atoms with Crippen molar-refractivity contribution in [1.29, 1.82) is 0 Å². The lowest BCUT2D eigenvalue weighted by Crippen LogP contribution is -2.13. The number of benzene rings is 1. The molecule has 0 saturated heterocycles. The summed E-state index contributed by atoms with van der Waals surface area (Å²) in [7, 11) is 5.35. The number of rotatable bonds is 5. The summed E-state index contributed by atoms with van der Waals surface area (Å²) in [6.45, 7) is 0. The average molecular weight is 261 g/mol. The van der Waals surface area contributed by atoms with Crippen molar-refractivity contribution in [1.82, 2.24) is 0 Å². The van der Waals surface area contributed by atoms with E-state index in [1.54, 1.807) is 0 Å². The zero-order chi connectivity index (χ0) is 12.0. The Bertz CT molecular complexity index is 367. The SMILES string of the molecule is COC(=O)CC(CS(=O)Cl)c1ccccc1. The monoisotopic (exact) mass is 260 g/mol. The molecule has 0 radical (unpaired) electrons. The fraction of sp³-hybridized carbons (Fsp3) is 0.364. The summed E-state index contributed by atoms with van der Waals surface area (Å²) in [5.41, 5.74) is 0.946. The third-order valence-electron chi connectivity index (χ3n) is 2.24. The molecule has 1 aromatic carbocycles. The Kier molecular flexibility index (Phi) is 5.49. The van der Waals surface area contributed by atoms with Crippen LogP contribution >= 0.6 is 10.7 Å². The van der Waals surface area contributed by atoms with Crippen LogP contribution in [0.25, 0.3) is 0 Å². The molecule has 0 spiro atoms. The molecule has 0 fully saturated rings. The lowest BCUT2D eigenvalue weighted by Gasteiger charge is -2.13. The van der Waals surface area contributed by atoms with E-state index in [0.29, 0.717) is 0 Å². The van der Waals surface area contributed by atoms with Gasteiger partial charge in [-0.15, -0.1) is 0 Å². The van der Waals surface area contributed by atoms with E-state index in [0.717, 1.165) is 5.56 Å². The molecule has 3 nitrogen and oxygen atoms in total. The number of hydrogen-bond donors (Lipinski definition) is 0. The van der Waals surface area contributed by atoms with Crippen molar-refractivity contribution >= 4 is 26.7 Å². The largest absolute Gasteiger partial charge is 0.469 e. The lowest BCUT2D eigenvalue weighted by molar-refractivity contribution is -0.140. The first kappa shape index (κ1) is 13.2. The molecule has 0 amide bonds. The maximum atomic E-state index is 11.2. The minimum absolute atomic E-state index is 0.160. The number of methoxy groups -OCH3 is 1. The quantitative estimate of drug-likeness (QED) is 0.602. The molecule has 88 valence electrons. The van der Waals surface area contributed by atoms with Gasteiger partial charge in [-0.1, -0.05) is 30.3 Å². The van der Waals surface area contributed by atoms with Crippen molar-refractivity contribution in [3.63, 3.8) is 0 Å². The summed E-state index contributed by atoms with van der Waals surface area (Å²) in [6.07, 6.45) is 0.193. The Morgan fingerprint density at radius 2 is 2.06 bits per heavy atom. The van der Waals surface area contributed by atoms with Crippen molar-refractivity contribution < 1.29 is 13.7 Å². The summed E-state index contributed by atoms with van der Waals surface area (Å²) in [5, 5.41) is 0. The predicted molar refractivity (Wildman–Crippen MR) is 64.7 cm³/mol. The van der Waals surface area contributed by atoms with Crippen LogP contribution in [-0.4, -0.2) is 23.0 Å². The Balaban J connectivity index is 2.79. The topological polar surface area (TPSA) is 43.4 Å². The Morgan fingerprint density at radius 1 is 1.44 bits per heavy atom. The van der Waals surface area contributed by atoms with Crippen LogP contribution in [0.15, 0.2) is 30.3 Å². The van der Waals surface area contributed by atoms with E-state index < -0.39 is 10.0 Å². The van der Waals surface area contributed by atoms with Gasteiger partial charge in [-0.2, -0.15) is 0 Å². The van der Waals surface area contributed by atoms with Crippen molar-refractivity contribution in [3.8, 4) is 0 Å². The van der Waals surface area contributed by atoms with Gasteiger partial charge >= 0.3 is 5.97 Å². The highest BCUT2D eigenvalue weighted by molar-refractivity contribution is 8.08. The molecular formula is C11H13ClO3S. The molecule has 0 N–H and O–H groups in total. The van der Waals surface area contributed by atoms with E-state index in [4.69, 9.17) is 10.7 Å². The number of carbonyl (C=O) groups excluding carboxylic acids is 1. The highest BCUT2D eigenvalue weighted by atomic mass is 35.7. The molecule has 0 aliphatic rings. The summed E-state index contributed by atoms with van der Waals surface area (Å²) in [4.78, 5) is 11.2. The molecule has 2 atom stereocenters. The molecule has 0 bridgehead atoms. The fourth-order valence-electron chi connectivity index (χ4n) is 1.44. The zero-order valence-corrected chi connectivity index (χ0v) is 10.5. The van der Waals surface area contributed by atoms with Gasteiger partial charge in [-0.3, -0.25) is 4.79 Å².